The molecule has 0 aromatic heterocycles. The molecule has 130 valence electrons. The highest BCUT2D eigenvalue weighted by molar-refractivity contribution is 5.50. The summed E-state index contributed by atoms with van der Waals surface area (Å²) in [5, 5.41) is 41.3. The van der Waals surface area contributed by atoms with E-state index in [2.05, 4.69) is 5.32 Å². The number of hydrogen-bond acceptors (Lipinski definition) is 7. The first-order valence-electron chi connectivity index (χ1n) is 7.52. The summed E-state index contributed by atoms with van der Waals surface area (Å²) in [5.41, 5.74) is 1.71. The molecule has 5 atom stereocenters. The van der Waals surface area contributed by atoms with Crippen molar-refractivity contribution in [1.29, 1.82) is 0 Å². The molecule has 7 nitrogen and oxygen atoms in total. The molecule has 0 radical (unpaired) electrons. The topological polar surface area (TPSA) is 119 Å². The maximum Gasteiger partial charge on any atom is 0.157 e. The van der Waals surface area contributed by atoms with Gasteiger partial charge in [0.2, 0.25) is 0 Å². The SMILES string of the molecule is CCC=O.Cc1ccccc1NC1OC(CO)C(O)C(O)C1O. The Morgan fingerprint density at radius 1 is 1.17 bits per heavy atom. The van der Waals surface area contributed by atoms with Crippen LogP contribution in [-0.4, -0.2) is 64.0 Å². The van der Waals surface area contributed by atoms with Crippen molar-refractivity contribution in [2.24, 2.45) is 0 Å². The van der Waals surface area contributed by atoms with E-state index in [0.717, 1.165) is 17.5 Å². The number of aliphatic hydroxyl groups excluding tert-OH is 4. The molecule has 1 fully saturated rings. The number of aryl methyl sites for hydroxylation is 1. The molecule has 0 bridgehead atoms. The lowest BCUT2D eigenvalue weighted by molar-refractivity contribution is -0.221. The van der Waals surface area contributed by atoms with E-state index in [4.69, 9.17) is 9.84 Å². The van der Waals surface area contributed by atoms with E-state index in [1.54, 1.807) is 0 Å². The van der Waals surface area contributed by atoms with Crippen molar-refractivity contribution in [1.82, 2.24) is 0 Å². The minimum atomic E-state index is -1.37. The molecular weight excluding hydrogens is 302 g/mol. The van der Waals surface area contributed by atoms with Crippen molar-refractivity contribution >= 4 is 12.0 Å². The molecular formula is C16H25NO6. The van der Waals surface area contributed by atoms with Crippen molar-refractivity contribution in [3.63, 3.8) is 0 Å². The summed E-state index contributed by atoms with van der Waals surface area (Å²) >= 11 is 0. The first-order chi connectivity index (χ1) is 11.0. The van der Waals surface area contributed by atoms with Gasteiger partial charge in [0, 0.05) is 12.1 Å². The van der Waals surface area contributed by atoms with Crippen LogP contribution >= 0.6 is 0 Å². The average Bonchev–Trinajstić information content (AvgIpc) is 2.57. The molecule has 0 saturated carbocycles. The highest BCUT2D eigenvalue weighted by Crippen LogP contribution is 2.24. The van der Waals surface area contributed by atoms with Crippen LogP contribution in [0.5, 0.6) is 0 Å². The normalized spacial score (nSPS) is 30.1. The summed E-state index contributed by atoms with van der Waals surface area (Å²) < 4.78 is 5.37. The third-order valence-electron chi connectivity index (χ3n) is 3.50. The number of nitrogens with one attached hydrogen (secondary N) is 1. The number of hydrogen-bond donors (Lipinski definition) is 5. The van der Waals surface area contributed by atoms with E-state index in [9.17, 15) is 20.1 Å². The summed E-state index contributed by atoms with van der Waals surface area (Å²) in [6.45, 7) is 3.27. The van der Waals surface area contributed by atoms with Crippen LogP contribution in [0.1, 0.15) is 18.9 Å². The maximum atomic E-state index is 9.89. The summed E-state index contributed by atoms with van der Waals surface area (Å²) in [7, 11) is 0. The third kappa shape index (κ3) is 5.26. The number of para-hydroxylation sites is 1. The van der Waals surface area contributed by atoms with Crippen LogP contribution in [0.15, 0.2) is 24.3 Å². The lowest BCUT2D eigenvalue weighted by Gasteiger charge is -2.40. The van der Waals surface area contributed by atoms with Crippen LogP contribution in [-0.2, 0) is 9.53 Å². The van der Waals surface area contributed by atoms with Gasteiger partial charge in [0.15, 0.2) is 6.23 Å². The maximum absolute atomic E-state index is 9.89. The Labute approximate surface area is 135 Å². The molecule has 1 aromatic carbocycles. The van der Waals surface area contributed by atoms with Gasteiger partial charge in [0.05, 0.1) is 6.61 Å². The Kier molecular flexibility index (Phi) is 8.15. The van der Waals surface area contributed by atoms with Gasteiger partial charge in [0.1, 0.15) is 30.7 Å². The predicted molar refractivity (Wildman–Crippen MR) is 84.9 cm³/mol. The van der Waals surface area contributed by atoms with Gasteiger partial charge in [-0.3, -0.25) is 0 Å². The van der Waals surface area contributed by atoms with Gasteiger partial charge in [-0.25, -0.2) is 0 Å². The van der Waals surface area contributed by atoms with Crippen molar-refractivity contribution in [2.75, 3.05) is 11.9 Å². The Balaban J connectivity index is 0.000000593. The van der Waals surface area contributed by atoms with Crippen molar-refractivity contribution in [3.05, 3.63) is 29.8 Å². The molecule has 23 heavy (non-hydrogen) atoms. The van der Waals surface area contributed by atoms with Crippen LogP contribution in [0.25, 0.3) is 0 Å². The molecule has 5 unspecified atom stereocenters. The first kappa shape index (κ1) is 19.5. The van der Waals surface area contributed by atoms with E-state index >= 15 is 0 Å². The Morgan fingerprint density at radius 3 is 2.30 bits per heavy atom. The smallest absolute Gasteiger partial charge is 0.157 e. The minimum Gasteiger partial charge on any atom is -0.394 e. The zero-order valence-corrected chi connectivity index (χ0v) is 13.3. The Hall–Kier alpha value is -1.51. The van der Waals surface area contributed by atoms with E-state index in [0.29, 0.717) is 6.42 Å². The zero-order chi connectivity index (χ0) is 17.4. The number of rotatable bonds is 4. The summed E-state index contributed by atoms with van der Waals surface area (Å²) in [5.74, 6) is 0. The molecule has 1 aromatic rings. The van der Waals surface area contributed by atoms with E-state index in [1.165, 1.54) is 0 Å². The summed E-state index contributed by atoms with van der Waals surface area (Å²) in [6.07, 6.45) is -4.27. The van der Waals surface area contributed by atoms with Crippen molar-refractivity contribution < 1.29 is 30.0 Å². The van der Waals surface area contributed by atoms with Gasteiger partial charge in [-0.05, 0) is 18.6 Å². The van der Waals surface area contributed by atoms with Crippen molar-refractivity contribution in [3.8, 4) is 0 Å². The molecule has 0 spiro atoms. The van der Waals surface area contributed by atoms with E-state index < -0.39 is 37.3 Å². The fourth-order valence-electron chi connectivity index (χ4n) is 2.11. The Bertz CT molecular complexity index is 481. The molecule has 1 aliphatic rings. The third-order valence-corrected chi connectivity index (χ3v) is 3.50. The predicted octanol–water partition coefficient (Wildman–Crippen LogP) is -0.198. The molecule has 0 amide bonds. The monoisotopic (exact) mass is 327 g/mol. The number of benzene rings is 1. The number of carbonyl (C=O) groups excluding carboxylic acids is 1. The van der Waals surface area contributed by atoms with E-state index in [-0.39, 0.29) is 0 Å². The largest absolute Gasteiger partial charge is 0.394 e. The molecule has 1 aliphatic heterocycles. The van der Waals surface area contributed by atoms with Crippen LogP contribution < -0.4 is 5.32 Å². The van der Waals surface area contributed by atoms with E-state index in [1.807, 2.05) is 38.1 Å². The number of ether oxygens (including phenoxy) is 1. The fraction of sp³-hybridized carbons (Fsp3) is 0.562. The number of carbonyl (C=O) groups is 1. The highest BCUT2D eigenvalue weighted by Gasteiger charge is 2.43. The van der Waals surface area contributed by atoms with Gasteiger partial charge in [-0.1, -0.05) is 25.1 Å². The highest BCUT2D eigenvalue weighted by atomic mass is 16.6. The standard InChI is InChI=1S/C13H19NO5.C3H6O/c1-7-4-2-3-5-8(7)14-13-12(18)11(17)10(16)9(6-15)19-13;1-2-3-4/h2-5,9-18H,6H2,1H3;3H,2H2,1H3. The quantitative estimate of drug-likeness (QED) is 0.486. The van der Waals surface area contributed by atoms with Gasteiger partial charge < -0.3 is 35.3 Å². The summed E-state index contributed by atoms with van der Waals surface area (Å²) in [4.78, 5) is 9.17. The average molecular weight is 327 g/mol. The molecule has 5 N–H and O–H groups in total. The molecule has 2 rings (SSSR count). The molecule has 7 heteroatoms. The lowest BCUT2D eigenvalue weighted by atomic mass is 9.98. The number of aliphatic hydroxyl groups is 4. The van der Waals surface area contributed by atoms with Crippen LogP contribution in [0.3, 0.4) is 0 Å². The fourth-order valence-corrected chi connectivity index (χ4v) is 2.11. The second kappa shape index (κ2) is 9.59. The lowest BCUT2D eigenvalue weighted by Crippen LogP contribution is -2.60. The van der Waals surface area contributed by atoms with Crippen LogP contribution in [0.4, 0.5) is 5.69 Å². The minimum absolute atomic E-state index is 0.434. The van der Waals surface area contributed by atoms with Gasteiger partial charge in [0.25, 0.3) is 0 Å². The zero-order valence-electron chi connectivity index (χ0n) is 13.3. The summed E-state index contributed by atoms with van der Waals surface area (Å²) in [6, 6.07) is 7.43. The molecule has 1 saturated heterocycles. The van der Waals surface area contributed by atoms with Gasteiger partial charge in [-0.15, -0.1) is 0 Å². The Morgan fingerprint density at radius 2 is 1.78 bits per heavy atom. The van der Waals surface area contributed by atoms with Crippen LogP contribution in [0.2, 0.25) is 0 Å². The van der Waals surface area contributed by atoms with Gasteiger partial charge >= 0.3 is 0 Å². The first-order valence-corrected chi connectivity index (χ1v) is 7.52. The second-order valence-electron chi connectivity index (χ2n) is 5.28. The molecule has 0 aliphatic carbocycles. The van der Waals surface area contributed by atoms with Gasteiger partial charge in [-0.2, -0.15) is 0 Å². The molecule has 1 heterocycles. The van der Waals surface area contributed by atoms with Crippen LogP contribution in [0, 0.1) is 6.92 Å². The number of aldehydes is 1. The number of anilines is 1. The second-order valence-corrected chi connectivity index (χ2v) is 5.28. The van der Waals surface area contributed by atoms with Crippen molar-refractivity contribution in [2.45, 2.75) is 50.9 Å².